The lowest BCUT2D eigenvalue weighted by molar-refractivity contribution is 0.461. The second-order valence-electron chi connectivity index (χ2n) is 7.39. The van der Waals surface area contributed by atoms with Gasteiger partial charge in [0, 0.05) is 11.1 Å². The molecular formula is C27H22N4. The van der Waals surface area contributed by atoms with Gasteiger partial charge in [-0.2, -0.15) is 10.5 Å². The van der Waals surface area contributed by atoms with Gasteiger partial charge >= 0.3 is 0 Å². The molecule has 0 bridgehead atoms. The van der Waals surface area contributed by atoms with Crippen molar-refractivity contribution in [2.75, 3.05) is 5.12 Å². The SMILES string of the molecule is C(=Cc1ccc(N2N=NC(c3ccccc3)(c3ccccc3)N2)cc1)c1ccccc1. The Morgan fingerprint density at radius 2 is 1.06 bits per heavy atom. The number of hydrogen-bond donors (Lipinski definition) is 1. The fourth-order valence-corrected chi connectivity index (χ4v) is 3.68. The van der Waals surface area contributed by atoms with Crippen molar-refractivity contribution in [3.8, 4) is 0 Å². The molecule has 0 amide bonds. The van der Waals surface area contributed by atoms with Gasteiger partial charge in [-0.3, -0.25) is 0 Å². The van der Waals surface area contributed by atoms with Crippen LogP contribution in [-0.2, 0) is 5.66 Å². The third-order valence-electron chi connectivity index (χ3n) is 5.34. The molecule has 4 aromatic carbocycles. The zero-order valence-electron chi connectivity index (χ0n) is 17.0. The van der Waals surface area contributed by atoms with Crippen molar-refractivity contribution in [3.05, 3.63) is 138 Å². The summed E-state index contributed by atoms with van der Waals surface area (Å²) >= 11 is 0. The molecule has 0 atom stereocenters. The first-order valence-electron chi connectivity index (χ1n) is 10.3. The molecule has 0 fully saturated rings. The Labute approximate surface area is 182 Å². The summed E-state index contributed by atoms with van der Waals surface area (Å²) in [5.74, 6) is 0. The van der Waals surface area contributed by atoms with Gasteiger partial charge in [-0.25, -0.2) is 0 Å². The van der Waals surface area contributed by atoms with Crippen molar-refractivity contribution < 1.29 is 0 Å². The van der Waals surface area contributed by atoms with Gasteiger partial charge in [-0.1, -0.05) is 121 Å². The van der Waals surface area contributed by atoms with Crippen LogP contribution in [0.15, 0.2) is 126 Å². The molecule has 0 aliphatic carbocycles. The molecule has 31 heavy (non-hydrogen) atoms. The van der Waals surface area contributed by atoms with Gasteiger partial charge < -0.3 is 0 Å². The third-order valence-corrected chi connectivity index (χ3v) is 5.34. The first kappa shape index (κ1) is 19.0. The molecule has 4 nitrogen and oxygen atoms in total. The van der Waals surface area contributed by atoms with E-state index in [0.717, 1.165) is 22.4 Å². The maximum atomic E-state index is 4.69. The molecule has 0 radical (unpaired) electrons. The van der Waals surface area contributed by atoms with Crippen molar-refractivity contribution in [1.82, 2.24) is 5.43 Å². The smallest absolute Gasteiger partial charge is 0.175 e. The first-order chi connectivity index (χ1) is 15.3. The highest BCUT2D eigenvalue weighted by atomic mass is 15.8. The monoisotopic (exact) mass is 402 g/mol. The minimum atomic E-state index is -0.756. The number of nitrogens with one attached hydrogen (secondary N) is 1. The number of nitrogens with zero attached hydrogens (tertiary/aromatic N) is 3. The summed E-state index contributed by atoms with van der Waals surface area (Å²) < 4.78 is 0. The number of benzene rings is 4. The molecule has 0 saturated heterocycles. The average Bonchev–Trinajstić information content (AvgIpc) is 3.32. The van der Waals surface area contributed by atoms with Gasteiger partial charge in [0.25, 0.3) is 0 Å². The minimum Gasteiger partial charge on any atom is -0.175 e. The summed E-state index contributed by atoms with van der Waals surface area (Å²) in [5, 5.41) is 10.9. The molecule has 150 valence electrons. The minimum absolute atomic E-state index is 0.756. The Balaban J connectivity index is 1.40. The highest BCUT2D eigenvalue weighted by molar-refractivity contribution is 5.70. The van der Waals surface area contributed by atoms with Crippen molar-refractivity contribution in [2.24, 2.45) is 10.3 Å². The fourth-order valence-electron chi connectivity index (χ4n) is 3.68. The summed E-state index contributed by atoms with van der Waals surface area (Å²) in [6.45, 7) is 0. The Morgan fingerprint density at radius 3 is 1.61 bits per heavy atom. The highest BCUT2D eigenvalue weighted by Gasteiger charge is 2.40. The van der Waals surface area contributed by atoms with Crippen LogP contribution in [0.1, 0.15) is 22.3 Å². The largest absolute Gasteiger partial charge is 0.203 e. The Morgan fingerprint density at radius 1 is 0.581 bits per heavy atom. The lowest BCUT2D eigenvalue weighted by Gasteiger charge is -2.28. The van der Waals surface area contributed by atoms with E-state index in [1.165, 1.54) is 5.56 Å². The molecule has 5 rings (SSSR count). The van der Waals surface area contributed by atoms with Crippen LogP contribution in [0.5, 0.6) is 0 Å². The molecule has 1 aliphatic heterocycles. The van der Waals surface area contributed by atoms with E-state index >= 15 is 0 Å². The van der Waals surface area contributed by atoms with E-state index in [4.69, 9.17) is 0 Å². The van der Waals surface area contributed by atoms with E-state index in [1.807, 2.05) is 66.7 Å². The molecule has 4 heteroatoms. The van der Waals surface area contributed by atoms with Crippen molar-refractivity contribution in [2.45, 2.75) is 5.66 Å². The molecular weight excluding hydrogens is 380 g/mol. The first-order valence-corrected chi connectivity index (χ1v) is 10.3. The number of hydrogen-bond acceptors (Lipinski definition) is 4. The van der Waals surface area contributed by atoms with Gasteiger partial charge in [-0.05, 0) is 23.3 Å². The molecule has 1 aliphatic rings. The van der Waals surface area contributed by atoms with E-state index in [1.54, 1.807) is 5.12 Å². The third kappa shape index (κ3) is 3.89. The second kappa shape index (κ2) is 8.38. The van der Waals surface area contributed by atoms with Crippen molar-refractivity contribution in [1.29, 1.82) is 0 Å². The summed E-state index contributed by atoms with van der Waals surface area (Å²) in [5.41, 5.74) is 8.06. The van der Waals surface area contributed by atoms with Gasteiger partial charge in [0.05, 0.1) is 5.69 Å². The fraction of sp³-hybridized carbons (Fsp3) is 0.0370. The molecule has 4 aromatic rings. The van der Waals surface area contributed by atoms with Crippen LogP contribution in [0.4, 0.5) is 5.69 Å². The molecule has 0 aromatic heterocycles. The summed E-state index contributed by atoms with van der Waals surface area (Å²) in [7, 11) is 0. The van der Waals surface area contributed by atoms with E-state index in [9.17, 15) is 0 Å². The van der Waals surface area contributed by atoms with Crippen LogP contribution >= 0.6 is 0 Å². The lowest BCUT2D eigenvalue weighted by atomic mass is 9.92. The van der Waals surface area contributed by atoms with Crippen LogP contribution in [0.2, 0.25) is 0 Å². The summed E-state index contributed by atoms with van der Waals surface area (Å²) in [6.07, 6.45) is 4.22. The van der Waals surface area contributed by atoms with Crippen LogP contribution in [-0.4, -0.2) is 0 Å². The zero-order chi connectivity index (χ0) is 20.9. The van der Waals surface area contributed by atoms with E-state index in [-0.39, 0.29) is 0 Å². The average molecular weight is 403 g/mol. The summed E-state index contributed by atoms with van der Waals surface area (Å²) in [4.78, 5) is 0. The van der Waals surface area contributed by atoms with E-state index in [0.29, 0.717) is 0 Å². The quantitative estimate of drug-likeness (QED) is 0.390. The van der Waals surface area contributed by atoms with E-state index in [2.05, 4.69) is 76.4 Å². The van der Waals surface area contributed by atoms with Crippen LogP contribution < -0.4 is 10.5 Å². The Hall–Kier alpha value is -4.02. The lowest BCUT2D eigenvalue weighted by Crippen LogP contribution is -2.45. The van der Waals surface area contributed by atoms with Crippen LogP contribution in [0.3, 0.4) is 0 Å². The van der Waals surface area contributed by atoms with Gasteiger partial charge in [0.1, 0.15) is 0 Å². The summed E-state index contributed by atoms with van der Waals surface area (Å²) in [6, 6.07) is 38.9. The Kier molecular flexibility index (Phi) is 5.13. The van der Waals surface area contributed by atoms with Gasteiger partial charge in [-0.15, -0.1) is 5.11 Å². The predicted molar refractivity (Wildman–Crippen MR) is 126 cm³/mol. The second-order valence-corrected chi connectivity index (χ2v) is 7.39. The maximum Gasteiger partial charge on any atom is 0.203 e. The Bertz CT molecular complexity index is 1140. The molecule has 1 N–H and O–H groups in total. The highest BCUT2D eigenvalue weighted by Crippen LogP contribution is 2.36. The van der Waals surface area contributed by atoms with Gasteiger partial charge in [0.2, 0.25) is 5.66 Å². The van der Waals surface area contributed by atoms with Crippen LogP contribution in [0, 0.1) is 0 Å². The number of rotatable bonds is 5. The normalized spacial score (nSPS) is 14.9. The molecule has 1 heterocycles. The topological polar surface area (TPSA) is 40.0 Å². The van der Waals surface area contributed by atoms with Crippen molar-refractivity contribution >= 4 is 17.8 Å². The van der Waals surface area contributed by atoms with Gasteiger partial charge in [0.15, 0.2) is 0 Å². The number of hydrazine groups is 1. The number of anilines is 1. The van der Waals surface area contributed by atoms with Crippen LogP contribution in [0.25, 0.3) is 12.2 Å². The van der Waals surface area contributed by atoms with E-state index < -0.39 is 5.66 Å². The predicted octanol–water partition coefficient (Wildman–Crippen LogP) is 6.45. The standard InChI is InChI=1S/C27H22N4/c1-4-10-22(11-5-1)16-17-23-18-20-26(21-19-23)31-29-27(28-30-31,24-12-6-2-7-13-24)25-14-8-3-9-15-25/h1-21,29H. The molecule has 0 spiro atoms. The molecule has 0 unspecified atom stereocenters. The zero-order valence-corrected chi connectivity index (χ0v) is 17.0. The molecule has 0 saturated carbocycles. The maximum absolute atomic E-state index is 4.69. The van der Waals surface area contributed by atoms with Crippen molar-refractivity contribution in [3.63, 3.8) is 0 Å².